The summed E-state index contributed by atoms with van der Waals surface area (Å²) in [4.78, 5) is 11.5. The molecule has 1 aromatic rings. The van der Waals surface area contributed by atoms with Crippen molar-refractivity contribution < 1.29 is 13.9 Å². The molecule has 1 amide bonds. The molecule has 108 valence electrons. The van der Waals surface area contributed by atoms with Crippen LogP contribution in [0, 0.1) is 6.92 Å². The van der Waals surface area contributed by atoms with E-state index in [9.17, 15) is 4.79 Å². The average Bonchev–Trinajstić information content (AvgIpc) is 2.52. The van der Waals surface area contributed by atoms with E-state index in [0.29, 0.717) is 17.6 Å². The molecule has 0 aromatic carbocycles. The van der Waals surface area contributed by atoms with Gasteiger partial charge in [-0.1, -0.05) is 0 Å². The van der Waals surface area contributed by atoms with Gasteiger partial charge in [0.25, 0.3) is 0 Å². The lowest BCUT2D eigenvalue weighted by molar-refractivity contribution is 0.0524. The third-order valence-corrected chi connectivity index (χ3v) is 2.74. The first-order valence-electron chi connectivity index (χ1n) is 6.14. The fourth-order valence-electron chi connectivity index (χ4n) is 1.52. The second-order valence-corrected chi connectivity index (χ2v) is 6.29. The monoisotopic (exact) mass is 332 g/mol. The molecule has 1 aromatic heterocycles. The maximum absolute atomic E-state index is 11.5. The topological polar surface area (TPSA) is 77.5 Å². The van der Waals surface area contributed by atoms with Crippen LogP contribution in [0.1, 0.15) is 32.1 Å². The SMILES string of the molecule is Cc1cc(Br)oc1CC(N)CNC(=O)OC(C)(C)C. The van der Waals surface area contributed by atoms with Gasteiger partial charge in [0.05, 0.1) is 0 Å². The van der Waals surface area contributed by atoms with Crippen LogP contribution in [-0.2, 0) is 11.2 Å². The third kappa shape index (κ3) is 6.11. The van der Waals surface area contributed by atoms with Crippen molar-refractivity contribution in [2.45, 2.75) is 45.8 Å². The number of aryl methyl sites for hydroxylation is 1. The van der Waals surface area contributed by atoms with Crippen molar-refractivity contribution in [3.63, 3.8) is 0 Å². The van der Waals surface area contributed by atoms with Crippen LogP contribution in [0.5, 0.6) is 0 Å². The number of rotatable bonds is 4. The maximum Gasteiger partial charge on any atom is 0.407 e. The molecule has 0 saturated heterocycles. The van der Waals surface area contributed by atoms with Crippen LogP contribution in [0.2, 0.25) is 0 Å². The van der Waals surface area contributed by atoms with Gasteiger partial charge in [-0.15, -0.1) is 0 Å². The molecule has 3 N–H and O–H groups in total. The van der Waals surface area contributed by atoms with Crippen LogP contribution < -0.4 is 11.1 Å². The van der Waals surface area contributed by atoms with Gasteiger partial charge in [0.2, 0.25) is 0 Å². The predicted octanol–water partition coefficient (Wildman–Crippen LogP) is 2.75. The van der Waals surface area contributed by atoms with Gasteiger partial charge in [0, 0.05) is 19.0 Å². The minimum absolute atomic E-state index is 0.218. The number of carbonyl (C=O) groups excluding carboxylic acids is 1. The molecule has 1 unspecified atom stereocenters. The summed E-state index contributed by atoms with van der Waals surface area (Å²) < 4.78 is 11.3. The first kappa shape index (κ1) is 16.0. The summed E-state index contributed by atoms with van der Waals surface area (Å²) in [7, 11) is 0. The smallest absolute Gasteiger partial charge is 0.407 e. The Morgan fingerprint density at radius 3 is 2.68 bits per heavy atom. The van der Waals surface area contributed by atoms with E-state index in [1.807, 2.05) is 33.8 Å². The fraction of sp³-hybridized carbons (Fsp3) is 0.615. The molecule has 0 spiro atoms. The molecule has 0 aliphatic carbocycles. The second kappa shape index (κ2) is 6.43. The summed E-state index contributed by atoms with van der Waals surface area (Å²) in [6.07, 6.45) is 0.105. The van der Waals surface area contributed by atoms with Crippen LogP contribution in [0.4, 0.5) is 4.79 Å². The molecule has 0 saturated carbocycles. The molecule has 0 bridgehead atoms. The van der Waals surface area contributed by atoms with Gasteiger partial charge in [0.1, 0.15) is 11.4 Å². The second-order valence-electron chi connectivity index (χ2n) is 5.50. The molecule has 1 atom stereocenters. The molecule has 0 fully saturated rings. The van der Waals surface area contributed by atoms with E-state index < -0.39 is 11.7 Å². The summed E-state index contributed by atoms with van der Waals surface area (Å²) in [6.45, 7) is 7.74. The Balaban J connectivity index is 2.38. The lowest BCUT2D eigenvalue weighted by Gasteiger charge is -2.20. The molecule has 0 aliphatic heterocycles. The van der Waals surface area contributed by atoms with E-state index in [1.54, 1.807) is 0 Å². The quantitative estimate of drug-likeness (QED) is 0.888. The number of nitrogens with two attached hydrogens (primary N) is 1. The zero-order valence-electron chi connectivity index (χ0n) is 11.7. The zero-order chi connectivity index (χ0) is 14.6. The van der Waals surface area contributed by atoms with Crippen molar-refractivity contribution in [3.8, 4) is 0 Å². The van der Waals surface area contributed by atoms with Gasteiger partial charge < -0.3 is 20.2 Å². The molecular weight excluding hydrogens is 312 g/mol. The highest BCUT2D eigenvalue weighted by Crippen LogP contribution is 2.20. The van der Waals surface area contributed by atoms with Crippen molar-refractivity contribution in [1.29, 1.82) is 0 Å². The highest BCUT2D eigenvalue weighted by atomic mass is 79.9. The molecule has 0 radical (unpaired) electrons. The maximum atomic E-state index is 11.5. The number of hydrogen-bond donors (Lipinski definition) is 2. The van der Waals surface area contributed by atoms with Crippen molar-refractivity contribution in [2.24, 2.45) is 5.73 Å². The molecular formula is C13H21BrN2O3. The Hall–Kier alpha value is -1.01. The van der Waals surface area contributed by atoms with E-state index in [-0.39, 0.29) is 6.04 Å². The van der Waals surface area contributed by atoms with E-state index in [0.717, 1.165) is 11.3 Å². The molecule has 19 heavy (non-hydrogen) atoms. The highest BCUT2D eigenvalue weighted by Gasteiger charge is 2.17. The van der Waals surface area contributed by atoms with Crippen molar-refractivity contribution in [2.75, 3.05) is 6.54 Å². The number of ether oxygens (including phenoxy) is 1. The first-order chi connectivity index (χ1) is 8.67. The van der Waals surface area contributed by atoms with Crippen LogP contribution >= 0.6 is 15.9 Å². The number of furan rings is 1. The summed E-state index contributed by atoms with van der Waals surface area (Å²) >= 11 is 3.27. The number of nitrogens with one attached hydrogen (secondary N) is 1. The van der Waals surface area contributed by atoms with Gasteiger partial charge in [-0.25, -0.2) is 4.79 Å². The molecule has 6 heteroatoms. The lowest BCUT2D eigenvalue weighted by atomic mass is 10.1. The number of carbonyl (C=O) groups is 1. The fourth-order valence-corrected chi connectivity index (χ4v) is 2.06. The summed E-state index contributed by atoms with van der Waals surface area (Å²) in [5.41, 5.74) is 6.49. The number of halogens is 1. The Morgan fingerprint density at radius 2 is 2.21 bits per heavy atom. The van der Waals surface area contributed by atoms with E-state index in [1.165, 1.54) is 0 Å². The Morgan fingerprint density at radius 1 is 1.58 bits per heavy atom. The summed E-state index contributed by atoms with van der Waals surface area (Å²) in [6, 6.07) is 1.67. The number of alkyl carbamates (subject to hydrolysis) is 1. The van der Waals surface area contributed by atoms with Crippen LogP contribution in [0.25, 0.3) is 0 Å². The predicted molar refractivity (Wildman–Crippen MR) is 77.1 cm³/mol. The molecule has 5 nitrogen and oxygen atoms in total. The van der Waals surface area contributed by atoms with E-state index in [4.69, 9.17) is 14.9 Å². The van der Waals surface area contributed by atoms with E-state index in [2.05, 4.69) is 21.2 Å². The average molecular weight is 333 g/mol. The number of hydrogen-bond acceptors (Lipinski definition) is 4. The molecule has 1 heterocycles. The van der Waals surface area contributed by atoms with E-state index >= 15 is 0 Å². The highest BCUT2D eigenvalue weighted by molar-refractivity contribution is 9.10. The Kier molecular flexibility index (Phi) is 5.43. The van der Waals surface area contributed by atoms with Gasteiger partial charge in [-0.05, 0) is 55.3 Å². The van der Waals surface area contributed by atoms with Crippen LogP contribution in [0.15, 0.2) is 15.2 Å². The van der Waals surface area contributed by atoms with Gasteiger partial charge in [-0.2, -0.15) is 0 Å². The lowest BCUT2D eigenvalue weighted by Crippen LogP contribution is -2.41. The normalized spacial score (nSPS) is 13.2. The van der Waals surface area contributed by atoms with Crippen molar-refractivity contribution in [1.82, 2.24) is 5.32 Å². The number of amides is 1. The summed E-state index contributed by atoms with van der Waals surface area (Å²) in [5, 5.41) is 2.65. The summed E-state index contributed by atoms with van der Waals surface area (Å²) in [5.74, 6) is 0.824. The van der Waals surface area contributed by atoms with Gasteiger partial charge >= 0.3 is 6.09 Å². The largest absolute Gasteiger partial charge is 0.454 e. The minimum atomic E-state index is -0.503. The molecule has 0 aliphatic rings. The molecule has 1 rings (SSSR count). The Bertz CT molecular complexity index is 438. The third-order valence-electron chi connectivity index (χ3n) is 2.35. The minimum Gasteiger partial charge on any atom is -0.454 e. The van der Waals surface area contributed by atoms with Gasteiger partial charge in [0.15, 0.2) is 4.67 Å². The first-order valence-corrected chi connectivity index (χ1v) is 6.94. The standard InChI is InChI=1S/C13H21BrN2O3/c1-8-5-11(14)18-10(8)6-9(15)7-16-12(17)19-13(2,3)4/h5,9H,6-7,15H2,1-4H3,(H,16,17). The van der Waals surface area contributed by atoms with Crippen molar-refractivity contribution in [3.05, 3.63) is 22.1 Å². The van der Waals surface area contributed by atoms with Crippen LogP contribution in [-0.4, -0.2) is 24.3 Å². The zero-order valence-corrected chi connectivity index (χ0v) is 13.3. The van der Waals surface area contributed by atoms with Crippen molar-refractivity contribution >= 4 is 22.0 Å². The van der Waals surface area contributed by atoms with Crippen LogP contribution in [0.3, 0.4) is 0 Å². The van der Waals surface area contributed by atoms with Gasteiger partial charge in [-0.3, -0.25) is 0 Å². The Labute approximate surface area is 122 Å².